The molecule has 1 N–H and O–H groups in total. The molecule has 446 valence electrons. The first-order valence-electron chi connectivity index (χ1n) is 31.8. The SMILES string of the molecule is CCC1O[C@@H](OC2[C@H](O[C@H]3CCC4(C)C5CC=C6C7CC(C)(C)CC[C@]7(C(=O)O)[C@H](OC)CC6(C)C5(C)CC[C@H]4C3(C)C=O)OC(Cc3ccccc3)[C@@H](C)[C@@H]2O[C@@H]2OC[C@@H](C)[C@H](C)C2C)C(O[Si](CC)(CC)CC)[C@@H](C)[C@H]1C. The van der Waals surface area contributed by atoms with E-state index in [1.165, 1.54) is 17.4 Å². The van der Waals surface area contributed by atoms with Gasteiger partial charge >= 0.3 is 5.97 Å². The van der Waals surface area contributed by atoms with Crippen LogP contribution in [0.15, 0.2) is 42.0 Å². The molecule has 9 rings (SSSR count). The zero-order valence-corrected chi connectivity index (χ0v) is 53.1. The van der Waals surface area contributed by atoms with Gasteiger partial charge in [0.25, 0.3) is 0 Å². The Labute approximate surface area is 478 Å². The maximum Gasteiger partial charge on any atom is 0.312 e. The summed E-state index contributed by atoms with van der Waals surface area (Å²) in [5.74, 6) is 0.691. The van der Waals surface area contributed by atoms with E-state index in [9.17, 15) is 14.7 Å². The van der Waals surface area contributed by atoms with Crippen LogP contribution in [-0.2, 0) is 53.6 Å². The molecule has 12 heteroatoms. The van der Waals surface area contributed by atoms with Crippen molar-refractivity contribution in [2.75, 3.05) is 13.7 Å². The van der Waals surface area contributed by atoms with E-state index >= 15 is 0 Å². The highest BCUT2D eigenvalue weighted by Gasteiger charge is 2.72. The fourth-order valence-electron chi connectivity index (χ4n) is 18.9. The number of methoxy groups -OCH3 is 1. The van der Waals surface area contributed by atoms with E-state index in [0.29, 0.717) is 44.1 Å². The lowest BCUT2D eigenvalue weighted by Gasteiger charge is -2.71. The smallest absolute Gasteiger partial charge is 0.312 e. The third kappa shape index (κ3) is 10.3. The Kier molecular flexibility index (Phi) is 18.0. The number of hydrogen-bond acceptors (Lipinski definition) is 10. The van der Waals surface area contributed by atoms with Crippen molar-refractivity contribution in [1.82, 2.24) is 0 Å². The minimum absolute atomic E-state index is 0.0257. The molecule has 0 amide bonds. The molecule has 0 aromatic heterocycles. The van der Waals surface area contributed by atoms with Crippen LogP contribution in [-0.4, -0.2) is 101 Å². The van der Waals surface area contributed by atoms with Crippen LogP contribution in [0.3, 0.4) is 0 Å². The van der Waals surface area contributed by atoms with Crippen LogP contribution < -0.4 is 0 Å². The second kappa shape index (κ2) is 23.1. The lowest BCUT2D eigenvalue weighted by Crippen LogP contribution is -2.68. The molecule has 5 aliphatic carbocycles. The number of ether oxygens (including phenoxy) is 7. The van der Waals surface area contributed by atoms with Crippen LogP contribution in [0, 0.1) is 85.8 Å². The van der Waals surface area contributed by atoms with E-state index in [1.807, 2.05) is 0 Å². The Balaban J connectivity index is 1.10. The summed E-state index contributed by atoms with van der Waals surface area (Å²) >= 11 is 0. The third-order valence-corrected chi connectivity index (χ3v) is 30.0. The predicted octanol–water partition coefficient (Wildman–Crippen LogP) is 14.5. The molecule has 3 aliphatic heterocycles. The molecule has 79 heavy (non-hydrogen) atoms. The van der Waals surface area contributed by atoms with Crippen molar-refractivity contribution in [3.05, 3.63) is 47.5 Å². The van der Waals surface area contributed by atoms with Gasteiger partial charge in [0, 0.05) is 18.9 Å². The van der Waals surface area contributed by atoms with Crippen molar-refractivity contribution in [1.29, 1.82) is 0 Å². The number of fused-ring (bicyclic) bond motifs is 7. The van der Waals surface area contributed by atoms with Gasteiger partial charge in [-0.1, -0.05) is 153 Å². The minimum atomic E-state index is -2.16. The number of aliphatic carboxylic acids is 1. The summed E-state index contributed by atoms with van der Waals surface area (Å²) in [4.78, 5) is 28.2. The molecule has 4 saturated carbocycles. The zero-order chi connectivity index (χ0) is 57.4. The molecular weight excluding hydrogens is 1010 g/mol. The maximum absolute atomic E-state index is 14.5. The molecule has 24 atom stereocenters. The van der Waals surface area contributed by atoms with Gasteiger partial charge in [0.1, 0.15) is 17.8 Å². The first kappa shape index (κ1) is 61.6. The molecule has 11 unspecified atom stereocenters. The number of carbonyl (C=O) groups excluding carboxylic acids is 1. The molecule has 7 fully saturated rings. The number of rotatable bonds is 17. The monoisotopic (exact) mass is 1120 g/mol. The van der Waals surface area contributed by atoms with Crippen molar-refractivity contribution in [3.63, 3.8) is 0 Å². The van der Waals surface area contributed by atoms with E-state index < -0.39 is 62.3 Å². The van der Waals surface area contributed by atoms with Crippen molar-refractivity contribution >= 4 is 20.6 Å². The number of benzene rings is 1. The Morgan fingerprint density at radius 2 is 1.37 bits per heavy atom. The Hall–Kier alpha value is -2.00. The molecular formula is C67H108O11Si. The molecule has 1 aromatic rings. The number of carbonyl (C=O) groups is 2. The average molecular weight is 1120 g/mol. The molecule has 3 saturated heterocycles. The number of allylic oxidation sites excluding steroid dienone is 2. The Morgan fingerprint density at radius 1 is 0.709 bits per heavy atom. The average Bonchev–Trinajstić information content (AvgIpc) is 3.62. The number of hydrogen-bond donors (Lipinski definition) is 1. The number of carboxylic acids is 1. The van der Waals surface area contributed by atoms with Gasteiger partial charge in [-0.15, -0.1) is 0 Å². The van der Waals surface area contributed by atoms with Crippen LogP contribution in [0.5, 0.6) is 0 Å². The highest BCUT2D eigenvalue weighted by Crippen LogP contribution is 2.76. The van der Waals surface area contributed by atoms with Gasteiger partial charge in [-0.3, -0.25) is 4.79 Å². The molecule has 0 spiro atoms. The second-order valence-corrected chi connectivity index (χ2v) is 34.0. The topological polar surface area (TPSA) is 128 Å². The van der Waals surface area contributed by atoms with Gasteiger partial charge in [0.15, 0.2) is 27.2 Å². The van der Waals surface area contributed by atoms with Crippen LogP contribution in [0.25, 0.3) is 0 Å². The van der Waals surface area contributed by atoms with Crippen LogP contribution in [0.1, 0.15) is 181 Å². The fourth-order valence-corrected chi connectivity index (χ4v) is 21.8. The summed E-state index contributed by atoms with van der Waals surface area (Å²) in [7, 11) is -0.423. The molecule has 11 nitrogen and oxygen atoms in total. The molecule has 1 aromatic carbocycles. The number of aldehydes is 1. The highest BCUT2D eigenvalue weighted by molar-refractivity contribution is 6.73. The Morgan fingerprint density at radius 3 is 2.00 bits per heavy atom. The minimum Gasteiger partial charge on any atom is -0.481 e. The summed E-state index contributed by atoms with van der Waals surface area (Å²) in [6.07, 6.45) is 7.67. The predicted molar refractivity (Wildman–Crippen MR) is 312 cm³/mol. The fraction of sp³-hybridized carbons (Fsp3) is 0.851. The third-order valence-electron chi connectivity index (χ3n) is 25.3. The van der Waals surface area contributed by atoms with E-state index in [0.717, 1.165) is 63.1 Å². The van der Waals surface area contributed by atoms with E-state index in [2.05, 4.69) is 147 Å². The van der Waals surface area contributed by atoms with Gasteiger partial charge in [-0.05, 0) is 157 Å². The van der Waals surface area contributed by atoms with Crippen molar-refractivity contribution < 1.29 is 52.3 Å². The quantitative estimate of drug-likeness (QED) is 0.0693. The van der Waals surface area contributed by atoms with Gasteiger partial charge in [0.2, 0.25) is 0 Å². The van der Waals surface area contributed by atoms with Crippen LogP contribution >= 0.6 is 0 Å². The summed E-state index contributed by atoms with van der Waals surface area (Å²) < 4.78 is 58.2. The van der Waals surface area contributed by atoms with Crippen molar-refractivity contribution in [2.45, 2.75) is 261 Å². The van der Waals surface area contributed by atoms with E-state index in [1.54, 1.807) is 7.11 Å². The van der Waals surface area contributed by atoms with Gasteiger partial charge in [-0.25, -0.2) is 0 Å². The van der Waals surface area contributed by atoms with Crippen LogP contribution in [0.2, 0.25) is 18.1 Å². The highest BCUT2D eigenvalue weighted by atomic mass is 28.4. The summed E-state index contributed by atoms with van der Waals surface area (Å²) in [6.45, 7) is 37.7. The lowest BCUT2D eigenvalue weighted by molar-refractivity contribution is -0.380. The standard InChI is InChI=1S/C67H108O11Si/c1-18-49-42(7)43(8)56(78-79(19-2,20-3)21-4)59(73-49)77-57-55(76-58-44(9)41(6)40(5)38-72-58)45(10)50(35-46-25-23-22-24-26-46)74-60(57)75-53-30-31-63(13)51(64(53,14)39-68)29-32-65(15)52(63)28-27-47-48-36-62(11,12)33-34-67(48,61(69)70)54(71-17)37-66(47,65)16/h22-27,39-45,48-60H,18-21,28-38H2,1-17H3,(H,69,70)/t40-,41+,42-,43+,44?,45-,48?,49?,50?,51-,52?,53+,54-,55+,56?,57?,58+,59+,60+,63?,64?,65?,66?,67-/m1/s1. The van der Waals surface area contributed by atoms with Crippen LogP contribution in [0.4, 0.5) is 0 Å². The zero-order valence-electron chi connectivity index (χ0n) is 52.1. The first-order valence-corrected chi connectivity index (χ1v) is 34.4. The molecule has 3 heterocycles. The van der Waals surface area contributed by atoms with Gasteiger partial charge < -0.3 is 47.5 Å². The van der Waals surface area contributed by atoms with Gasteiger partial charge in [-0.2, -0.15) is 0 Å². The summed E-state index contributed by atoms with van der Waals surface area (Å²) in [6, 6.07) is 13.6. The largest absolute Gasteiger partial charge is 0.481 e. The van der Waals surface area contributed by atoms with Crippen molar-refractivity contribution in [3.8, 4) is 0 Å². The summed E-state index contributed by atoms with van der Waals surface area (Å²) in [5, 5.41) is 11.2. The molecule has 0 bridgehead atoms. The maximum atomic E-state index is 14.5. The second-order valence-electron chi connectivity index (χ2n) is 29.3. The molecule has 0 radical (unpaired) electrons. The van der Waals surface area contributed by atoms with Gasteiger partial charge in [0.05, 0.1) is 48.6 Å². The number of carboxylic acid groups (broad SMARTS) is 1. The summed E-state index contributed by atoms with van der Waals surface area (Å²) in [5.41, 5.74) is 0.133. The van der Waals surface area contributed by atoms with E-state index in [4.69, 9.17) is 37.6 Å². The molecule has 8 aliphatic rings. The normalized spacial score (nSPS) is 47.9. The van der Waals surface area contributed by atoms with Crippen molar-refractivity contribution in [2.24, 2.45) is 85.8 Å². The Bertz CT molecular complexity index is 2300. The van der Waals surface area contributed by atoms with E-state index in [-0.39, 0.29) is 87.5 Å². The lowest BCUT2D eigenvalue weighted by atomic mass is 9.33. The first-order chi connectivity index (χ1) is 37.3.